The first kappa shape index (κ1) is 22.3. The Morgan fingerprint density at radius 3 is 2.32 bits per heavy atom. The smallest absolute Gasteiger partial charge is 0.339 e. The number of ether oxygens (including phenoxy) is 1. The maximum atomic E-state index is 12.6. The number of hydrogen-bond acceptors (Lipinski definition) is 6. The van der Waals surface area contributed by atoms with Crippen molar-refractivity contribution in [3.63, 3.8) is 0 Å². The first-order valence-corrected chi connectivity index (χ1v) is 10.9. The van der Waals surface area contributed by atoms with Gasteiger partial charge in [-0.15, -0.1) is 0 Å². The molecule has 0 aliphatic heterocycles. The van der Waals surface area contributed by atoms with Gasteiger partial charge in [-0.05, 0) is 67.1 Å². The SMILES string of the molecule is COc1ccc(/C=N/NC(=O)c2ccc(Cl)cc2)cc1OS(=O)(=O)c1ccc(C)cc1. The summed E-state index contributed by atoms with van der Waals surface area (Å²) < 4.78 is 35.7. The minimum atomic E-state index is -4.06. The first-order valence-electron chi connectivity index (χ1n) is 9.06. The highest BCUT2D eigenvalue weighted by atomic mass is 35.5. The lowest BCUT2D eigenvalue weighted by Gasteiger charge is -2.11. The lowest BCUT2D eigenvalue weighted by molar-refractivity contribution is 0.0955. The molecule has 0 atom stereocenters. The quantitative estimate of drug-likeness (QED) is 0.325. The summed E-state index contributed by atoms with van der Waals surface area (Å²) in [7, 11) is -2.65. The number of hydrazone groups is 1. The molecule has 1 N–H and O–H groups in total. The van der Waals surface area contributed by atoms with Gasteiger partial charge in [0.2, 0.25) is 0 Å². The molecule has 3 aromatic carbocycles. The summed E-state index contributed by atoms with van der Waals surface area (Å²) in [6.45, 7) is 1.86. The van der Waals surface area contributed by atoms with Gasteiger partial charge in [0, 0.05) is 10.6 Å². The topological polar surface area (TPSA) is 94.1 Å². The number of carbonyl (C=O) groups is 1. The maximum absolute atomic E-state index is 12.6. The van der Waals surface area contributed by atoms with Gasteiger partial charge in [0.15, 0.2) is 11.5 Å². The minimum absolute atomic E-state index is 0.00365. The largest absolute Gasteiger partial charge is 0.493 e. The molecule has 0 aliphatic rings. The number of nitrogens with zero attached hydrogens (tertiary/aromatic N) is 1. The van der Waals surface area contributed by atoms with Gasteiger partial charge in [-0.25, -0.2) is 5.43 Å². The van der Waals surface area contributed by atoms with Gasteiger partial charge in [0.25, 0.3) is 5.91 Å². The number of hydrogen-bond donors (Lipinski definition) is 1. The molecule has 0 bridgehead atoms. The predicted molar refractivity (Wildman–Crippen MR) is 118 cm³/mol. The zero-order valence-electron chi connectivity index (χ0n) is 16.7. The molecule has 0 aromatic heterocycles. The van der Waals surface area contributed by atoms with Crippen LogP contribution in [0.25, 0.3) is 0 Å². The number of halogens is 1. The van der Waals surface area contributed by atoms with Crippen molar-refractivity contribution in [2.24, 2.45) is 5.10 Å². The number of aryl methyl sites for hydroxylation is 1. The molecular formula is C22H19ClN2O5S. The summed E-state index contributed by atoms with van der Waals surface area (Å²) in [5.74, 6) is -0.186. The van der Waals surface area contributed by atoms with Crippen molar-refractivity contribution in [2.45, 2.75) is 11.8 Å². The molecule has 3 aromatic rings. The predicted octanol–water partition coefficient (Wildman–Crippen LogP) is 4.19. The van der Waals surface area contributed by atoms with Crippen LogP contribution in [-0.4, -0.2) is 27.6 Å². The van der Waals surface area contributed by atoms with E-state index in [1.54, 1.807) is 48.5 Å². The fourth-order valence-electron chi connectivity index (χ4n) is 2.54. The second-order valence-corrected chi connectivity index (χ2v) is 8.45. The lowest BCUT2D eigenvalue weighted by Crippen LogP contribution is -2.17. The fourth-order valence-corrected chi connectivity index (χ4v) is 3.60. The number of carbonyl (C=O) groups excluding carboxylic acids is 1. The van der Waals surface area contributed by atoms with Crippen LogP contribution < -0.4 is 14.3 Å². The van der Waals surface area contributed by atoms with Crippen molar-refractivity contribution in [3.05, 3.63) is 88.4 Å². The molecule has 1 amide bonds. The molecule has 0 spiro atoms. The van der Waals surface area contributed by atoms with Crippen molar-refractivity contribution in [3.8, 4) is 11.5 Å². The number of methoxy groups -OCH3 is 1. The van der Waals surface area contributed by atoms with Crippen LogP contribution in [0.1, 0.15) is 21.5 Å². The van der Waals surface area contributed by atoms with Gasteiger partial charge in [0.1, 0.15) is 4.90 Å². The van der Waals surface area contributed by atoms with Gasteiger partial charge >= 0.3 is 10.1 Å². The third kappa shape index (κ3) is 5.84. The third-order valence-corrected chi connectivity index (χ3v) is 5.68. The van der Waals surface area contributed by atoms with Crippen LogP contribution >= 0.6 is 11.6 Å². The summed E-state index contributed by atoms with van der Waals surface area (Å²) in [5.41, 5.74) is 4.20. The van der Waals surface area contributed by atoms with E-state index >= 15 is 0 Å². The average Bonchev–Trinajstić information content (AvgIpc) is 2.74. The van der Waals surface area contributed by atoms with E-state index in [1.165, 1.54) is 31.5 Å². The van der Waals surface area contributed by atoms with E-state index in [1.807, 2.05) is 6.92 Å². The normalized spacial score (nSPS) is 11.3. The Morgan fingerprint density at radius 2 is 1.68 bits per heavy atom. The average molecular weight is 459 g/mol. The van der Waals surface area contributed by atoms with Crippen LogP contribution in [0, 0.1) is 6.92 Å². The van der Waals surface area contributed by atoms with Crippen molar-refractivity contribution >= 4 is 33.8 Å². The molecule has 0 fully saturated rings. The summed E-state index contributed by atoms with van der Waals surface area (Å²) in [5, 5.41) is 4.42. The molecule has 31 heavy (non-hydrogen) atoms. The van der Waals surface area contributed by atoms with E-state index in [4.69, 9.17) is 20.5 Å². The molecule has 0 saturated heterocycles. The van der Waals surface area contributed by atoms with E-state index in [0.29, 0.717) is 16.1 Å². The van der Waals surface area contributed by atoms with E-state index in [9.17, 15) is 13.2 Å². The summed E-state index contributed by atoms with van der Waals surface area (Å²) >= 11 is 5.81. The highest BCUT2D eigenvalue weighted by Gasteiger charge is 2.19. The van der Waals surface area contributed by atoms with Crippen molar-refractivity contribution in [2.75, 3.05) is 7.11 Å². The van der Waals surface area contributed by atoms with Crippen LogP contribution in [-0.2, 0) is 10.1 Å². The highest BCUT2D eigenvalue weighted by molar-refractivity contribution is 7.87. The summed E-state index contributed by atoms with van der Waals surface area (Å²) in [6.07, 6.45) is 1.36. The molecule has 7 nitrogen and oxygen atoms in total. The zero-order chi connectivity index (χ0) is 22.4. The van der Waals surface area contributed by atoms with Gasteiger partial charge in [-0.2, -0.15) is 13.5 Å². The molecule has 0 unspecified atom stereocenters. The van der Waals surface area contributed by atoms with Crippen LogP contribution in [0.4, 0.5) is 0 Å². The molecule has 0 heterocycles. The van der Waals surface area contributed by atoms with Gasteiger partial charge < -0.3 is 8.92 Å². The van der Waals surface area contributed by atoms with Crippen LogP contribution in [0.2, 0.25) is 5.02 Å². The Morgan fingerprint density at radius 1 is 1.00 bits per heavy atom. The van der Waals surface area contributed by atoms with Gasteiger partial charge in [-0.1, -0.05) is 29.3 Å². The van der Waals surface area contributed by atoms with E-state index in [-0.39, 0.29) is 16.4 Å². The Balaban J connectivity index is 1.77. The van der Waals surface area contributed by atoms with Crippen LogP contribution in [0.15, 0.2) is 76.7 Å². The monoisotopic (exact) mass is 458 g/mol. The first-order chi connectivity index (χ1) is 14.8. The summed E-state index contributed by atoms with van der Waals surface area (Å²) in [4.78, 5) is 12.1. The van der Waals surface area contributed by atoms with Gasteiger partial charge in [-0.3, -0.25) is 4.79 Å². The van der Waals surface area contributed by atoms with Crippen LogP contribution in [0.3, 0.4) is 0 Å². The lowest BCUT2D eigenvalue weighted by atomic mass is 10.2. The minimum Gasteiger partial charge on any atom is -0.493 e. The van der Waals surface area contributed by atoms with Crippen molar-refractivity contribution < 1.29 is 22.1 Å². The zero-order valence-corrected chi connectivity index (χ0v) is 18.3. The van der Waals surface area contributed by atoms with E-state index in [2.05, 4.69) is 10.5 Å². The second kappa shape index (κ2) is 9.63. The standard InChI is InChI=1S/C22H19ClN2O5S/c1-15-3-10-19(11-4-15)31(27,28)30-21-13-16(5-12-20(21)29-2)14-24-25-22(26)17-6-8-18(23)9-7-17/h3-14H,1-2H3,(H,25,26)/b24-14+. The van der Waals surface area contributed by atoms with Gasteiger partial charge in [0.05, 0.1) is 13.3 Å². The number of rotatable bonds is 7. The molecule has 0 aliphatic carbocycles. The Hall–Kier alpha value is -3.36. The van der Waals surface area contributed by atoms with Crippen LogP contribution in [0.5, 0.6) is 11.5 Å². The third-order valence-electron chi connectivity index (χ3n) is 4.18. The van der Waals surface area contributed by atoms with Crippen molar-refractivity contribution in [1.82, 2.24) is 5.43 Å². The fraction of sp³-hybridized carbons (Fsp3) is 0.0909. The highest BCUT2D eigenvalue weighted by Crippen LogP contribution is 2.30. The molecule has 3 rings (SSSR count). The molecule has 0 saturated carbocycles. The Kier molecular flexibility index (Phi) is 6.94. The molecule has 160 valence electrons. The molecular weight excluding hydrogens is 440 g/mol. The molecule has 9 heteroatoms. The summed E-state index contributed by atoms with van der Waals surface area (Å²) in [6, 6.07) is 17.3. The number of amides is 1. The second-order valence-electron chi connectivity index (χ2n) is 6.47. The maximum Gasteiger partial charge on any atom is 0.339 e. The van der Waals surface area contributed by atoms with E-state index < -0.39 is 16.0 Å². The number of benzene rings is 3. The number of nitrogens with one attached hydrogen (secondary N) is 1. The van der Waals surface area contributed by atoms with E-state index in [0.717, 1.165) is 5.56 Å². The molecule has 0 radical (unpaired) electrons. The Bertz CT molecular complexity index is 1210. The van der Waals surface area contributed by atoms with Crippen molar-refractivity contribution in [1.29, 1.82) is 0 Å². The Labute approximate surface area is 185 Å².